The van der Waals surface area contributed by atoms with Crippen molar-refractivity contribution < 1.29 is 39.3 Å². The number of aliphatic hydroxyl groups is 1. The minimum absolute atomic E-state index is 0.150. The molecule has 172 valence electrons. The fourth-order valence-electron chi connectivity index (χ4n) is 2.31. The highest BCUT2D eigenvalue weighted by Crippen LogP contribution is 2.05. The number of carbonyl (C=O) groups is 5. The smallest absolute Gasteiger partial charge is 0.325 e. The summed E-state index contributed by atoms with van der Waals surface area (Å²) in [5, 5.41) is 33.7. The highest BCUT2D eigenvalue weighted by molar-refractivity contribution is 5.94. The molecule has 13 nitrogen and oxygen atoms in total. The molecule has 0 bridgehead atoms. The maximum atomic E-state index is 12.6. The summed E-state index contributed by atoms with van der Waals surface area (Å²) < 4.78 is 0. The Morgan fingerprint density at radius 3 is 1.90 bits per heavy atom. The van der Waals surface area contributed by atoms with E-state index in [0.717, 1.165) is 0 Å². The van der Waals surface area contributed by atoms with E-state index in [-0.39, 0.29) is 12.8 Å². The minimum Gasteiger partial charge on any atom is -0.481 e. The van der Waals surface area contributed by atoms with E-state index in [0.29, 0.717) is 19.4 Å². The Morgan fingerprint density at radius 1 is 0.867 bits per heavy atom. The summed E-state index contributed by atoms with van der Waals surface area (Å²) in [7, 11) is 0. The van der Waals surface area contributed by atoms with Crippen molar-refractivity contribution in [1.82, 2.24) is 16.0 Å². The largest absolute Gasteiger partial charge is 0.481 e. The van der Waals surface area contributed by atoms with Gasteiger partial charge in [-0.1, -0.05) is 0 Å². The monoisotopic (exact) mass is 433 g/mol. The average Bonchev–Trinajstić information content (AvgIpc) is 2.68. The number of nitrogens with one attached hydrogen (secondary N) is 3. The van der Waals surface area contributed by atoms with Crippen molar-refractivity contribution in [1.29, 1.82) is 0 Å². The summed E-state index contributed by atoms with van der Waals surface area (Å²) in [6, 6.07) is -4.96. The molecule has 13 heteroatoms. The minimum atomic E-state index is -1.33. The average molecular weight is 433 g/mol. The molecule has 0 aliphatic carbocycles. The molecular weight excluding hydrogens is 402 g/mol. The van der Waals surface area contributed by atoms with Gasteiger partial charge in [0.2, 0.25) is 17.7 Å². The lowest BCUT2D eigenvalue weighted by molar-refractivity contribution is -0.141. The summed E-state index contributed by atoms with van der Waals surface area (Å²) in [6.45, 7) is 0.922. The van der Waals surface area contributed by atoms with Crippen molar-refractivity contribution in [2.45, 2.75) is 63.2 Å². The number of carboxylic acids is 2. The van der Waals surface area contributed by atoms with Gasteiger partial charge in [-0.15, -0.1) is 0 Å². The van der Waals surface area contributed by atoms with Crippen LogP contribution in [0.5, 0.6) is 0 Å². The number of carboxylic acid groups (broad SMARTS) is 2. The number of nitrogens with two attached hydrogens (primary N) is 2. The van der Waals surface area contributed by atoms with Gasteiger partial charge in [-0.25, -0.2) is 0 Å². The first-order valence-electron chi connectivity index (χ1n) is 9.45. The van der Waals surface area contributed by atoms with E-state index < -0.39 is 66.9 Å². The molecule has 30 heavy (non-hydrogen) atoms. The number of hydrogen-bond acceptors (Lipinski definition) is 8. The summed E-state index contributed by atoms with van der Waals surface area (Å²) >= 11 is 0. The van der Waals surface area contributed by atoms with Crippen molar-refractivity contribution >= 4 is 29.7 Å². The molecule has 0 radical (unpaired) electrons. The highest BCUT2D eigenvalue weighted by atomic mass is 16.4. The first kappa shape index (κ1) is 27.2. The molecule has 0 aromatic carbocycles. The molecule has 0 saturated carbocycles. The van der Waals surface area contributed by atoms with E-state index in [1.807, 2.05) is 0 Å². The third kappa shape index (κ3) is 10.7. The normalized spacial score (nSPS) is 14.7. The molecule has 0 aromatic heterocycles. The summed E-state index contributed by atoms with van der Waals surface area (Å²) in [5.41, 5.74) is 10.8. The second-order valence-electron chi connectivity index (χ2n) is 6.70. The molecule has 0 heterocycles. The maximum Gasteiger partial charge on any atom is 0.325 e. The number of aliphatic carboxylic acids is 2. The highest BCUT2D eigenvalue weighted by Gasteiger charge is 2.29. The van der Waals surface area contributed by atoms with Gasteiger partial charge in [0.1, 0.15) is 24.2 Å². The molecule has 0 aliphatic rings. The van der Waals surface area contributed by atoms with Gasteiger partial charge in [0.25, 0.3) is 0 Å². The molecule has 0 rings (SSSR count). The van der Waals surface area contributed by atoms with Gasteiger partial charge in [-0.05, 0) is 39.2 Å². The van der Waals surface area contributed by atoms with Crippen LogP contribution >= 0.6 is 0 Å². The van der Waals surface area contributed by atoms with Crippen LogP contribution in [0.25, 0.3) is 0 Å². The number of hydrogen-bond donors (Lipinski definition) is 8. The zero-order valence-electron chi connectivity index (χ0n) is 16.8. The van der Waals surface area contributed by atoms with E-state index in [2.05, 4.69) is 16.0 Å². The van der Waals surface area contributed by atoms with Crippen LogP contribution in [-0.2, 0) is 24.0 Å². The van der Waals surface area contributed by atoms with Gasteiger partial charge in [-0.3, -0.25) is 24.0 Å². The molecule has 4 unspecified atom stereocenters. The number of unbranched alkanes of at least 4 members (excludes halogenated alkanes) is 1. The van der Waals surface area contributed by atoms with Gasteiger partial charge in [0, 0.05) is 6.42 Å². The molecule has 0 fully saturated rings. The molecule has 0 aliphatic heterocycles. The van der Waals surface area contributed by atoms with Crippen LogP contribution in [0.15, 0.2) is 0 Å². The lowest BCUT2D eigenvalue weighted by atomic mass is 10.1. The van der Waals surface area contributed by atoms with E-state index in [1.54, 1.807) is 0 Å². The number of aliphatic hydroxyl groups excluding tert-OH is 1. The summed E-state index contributed by atoms with van der Waals surface area (Å²) in [6.07, 6.45) is 0.425. The predicted octanol–water partition coefficient (Wildman–Crippen LogP) is -3.14. The van der Waals surface area contributed by atoms with Crippen LogP contribution in [0.1, 0.15) is 39.0 Å². The Labute approximate surface area is 173 Å². The van der Waals surface area contributed by atoms with E-state index in [9.17, 15) is 24.0 Å². The molecule has 4 atom stereocenters. The Hall–Kier alpha value is -2.77. The lowest BCUT2D eigenvalue weighted by Crippen LogP contribution is -2.57. The molecule has 3 amide bonds. The third-order valence-electron chi connectivity index (χ3n) is 4.12. The van der Waals surface area contributed by atoms with Gasteiger partial charge in [0.15, 0.2) is 0 Å². The second kappa shape index (κ2) is 14.3. The van der Waals surface area contributed by atoms with Crippen LogP contribution < -0.4 is 27.4 Å². The molecule has 0 aromatic rings. The fraction of sp³-hybridized carbons (Fsp3) is 0.706. The van der Waals surface area contributed by atoms with Crippen molar-refractivity contribution in [2.24, 2.45) is 11.5 Å². The van der Waals surface area contributed by atoms with E-state index in [4.69, 9.17) is 26.8 Å². The quantitative estimate of drug-likeness (QED) is 0.121. The van der Waals surface area contributed by atoms with Crippen molar-refractivity contribution in [3.8, 4) is 0 Å². The number of amides is 3. The molecule has 0 spiro atoms. The molecular formula is C17H31N5O8. The predicted molar refractivity (Wildman–Crippen MR) is 104 cm³/mol. The Bertz CT molecular complexity index is 615. The molecule has 10 N–H and O–H groups in total. The van der Waals surface area contributed by atoms with Crippen molar-refractivity contribution in [2.75, 3.05) is 13.2 Å². The van der Waals surface area contributed by atoms with Crippen LogP contribution in [0.2, 0.25) is 0 Å². The lowest BCUT2D eigenvalue weighted by Gasteiger charge is -2.24. The third-order valence-corrected chi connectivity index (χ3v) is 4.12. The summed E-state index contributed by atoms with van der Waals surface area (Å²) in [5.74, 6) is -4.93. The Morgan fingerprint density at radius 2 is 1.40 bits per heavy atom. The van der Waals surface area contributed by atoms with Gasteiger partial charge in [-0.2, -0.15) is 0 Å². The van der Waals surface area contributed by atoms with Crippen LogP contribution in [0, 0.1) is 0 Å². The topological polar surface area (TPSA) is 234 Å². The van der Waals surface area contributed by atoms with Gasteiger partial charge in [0.05, 0.1) is 6.61 Å². The first-order valence-corrected chi connectivity index (χ1v) is 9.45. The van der Waals surface area contributed by atoms with Gasteiger partial charge < -0.3 is 42.7 Å². The number of carbonyl (C=O) groups excluding carboxylic acids is 3. The van der Waals surface area contributed by atoms with E-state index in [1.165, 1.54) is 6.92 Å². The standard InChI is InChI=1S/C17H31N5O8/c1-9(17(29)30)20-15(27)11(4-2-3-7-18)22-16(28)12(5-6-13(24)25)21-14(26)10(19)8-23/h9-12,23H,2-8,18-19H2,1H3,(H,20,27)(H,21,26)(H,22,28)(H,24,25)(H,29,30). The second-order valence-corrected chi connectivity index (χ2v) is 6.70. The zero-order chi connectivity index (χ0) is 23.3. The first-order chi connectivity index (χ1) is 14.0. The Kier molecular flexibility index (Phi) is 12.9. The van der Waals surface area contributed by atoms with Crippen LogP contribution in [0.3, 0.4) is 0 Å². The fourth-order valence-corrected chi connectivity index (χ4v) is 2.31. The number of rotatable bonds is 15. The van der Waals surface area contributed by atoms with Crippen molar-refractivity contribution in [3.05, 3.63) is 0 Å². The Balaban J connectivity index is 5.33. The summed E-state index contributed by atoms with van der Waals surface area (Å²) in [4.78, 5) is 58.7. The van der Waals surface area contributed by atoms with Crippen LogP contribution in [-0.4, -0.2) is 82.3 Å². The zero-order valence-corrected chi connectivity index (χ0v) is 16.8. The van der Waals surface area contributed by atoms with E-state index >= 15 is 0 Å². The van der Waals surface area contributed by atoms with Crippen molar-refractivity contribution in [3.63, 3.8) is 0 Å². The molecule has 0 saturated heterocycles. The SMILES string of the molecule is CC(NC(=O)C(CCCCN)NC(=O)C(CCC(=O)O)NC(=O)C(N)CO)C(=O)O. The maximum absolute atomic E-state index is 12.6. The van der Waals surface area contributed by atoms with Crippen LogP contribution in [0.4, 0.5) is 0 Å². The van der Waals surface area contributed by atoms with Gasteiger partial charge >= 0.3 is 11.9 Å².